The first kappa shape index (κ1) is 16.7. The minimum absolute atomic E-state index is 0.136. The molecule has 1 saturated heterocycles. The van der Waals surface area contributed by atoms with Gasteiger partial charge in [0.1, 0.15) is 0 Å². The summed E-state index contributed by atoms with van der Waals surface area (Å²) in [7, 11) is 0. The molecule has 1 aliphatic heterocycles. The molecule has 0 unspecified atom stereocenters. The van der Waals surface area contributed by atoms with Crippen LogP contribution < -0.4 is 5.32 Å². The molecule has 1 N–H and O–H groups in total. The summed E-state index contributed by atoms with van der Waals surface area (Å²) < 4.78 is 0. The number of carbonyl (C=O) groups excluding carboxylic acids is 1. The van der Waals surface area contributed by atoms with E-state index < -0.39 is 0 Å². The number of hydrogen-bond donors (Lipinski definition) is 1. The number of aryl methyl sites for hydroxylation is 1. The predicted octanol–water partition coefficient (Wildman–Crippen LogP) is 3.14. The van der Waals surface area contributed by atoms with Crippen LogP contribution in [0.15, 0.2) is 54.6 Å². The fourth-order valence-electron chi connectivity index (χ4n) is 3.46. The molecule has 2 aromatic rings. The van der Waals surface area contributed by atoms with Crippen molar-refractivity contribution in [2.45, 2.75) is 25.7 Å². The fourth-order valence-corrected chi connectivity index (χ4v) is 3.46. The van der Waals surface area contributed by atoms with Gasteiger partial charge in [-0.3, -0.25) is 9.69 Å². The lowest BCUT2D eigenvalue weighted by atomic mass is 9.99. The van der Waals surface area contributed by atoms with E-state index in [1.807, 2.05) is 6.07 Å². The third-order valence-electron chi connectivity index (χ3n) is 4.89. The molecule has 1 heterocycles. The molecule has 1 amide bonds. The third kappa shape index (κ3) is 4.45. The van der Waals surface area contributed by atoms with Crippen LogP contribution in [0.25, 0.3) is 0 Å². The molecular weight excluding hydrogens is 296 g/mol. The van der Waals surface area contributed by atoms with Gasteiger partial charge in [0.2, 0.25) is 5.91 Å². The van der Waals surface area contributed by atoms with E-state index in [1.54, 1.807) is 0 Å². The minimum Gasteiger partial charge on any atom is -0.355 e. The van der Waals surface area contributed by atoms with Gasteiger partial charge in [0, 0.05) is 13.1 Å². The van der Waals surface area contributed by atoms with Crippen molar-refractivity contribution in [3.05, 3.63) is 71.3 Å². The SMILES string of the molecule is Cc1ccccc1CCNC(=O)CN1CC[C@H](c2ccccc2)C1. The molecule has 1 fully saturated rings. The molecule has 24 heavy (non-hydrogen) atoms. The second-order valence-electron chi connectivity index (χ2n) is 6.66. The predicted molar refractivity (Wildman–Crippen MR) is 98.1 cm³/mol. The lowest BCUT2D eigenvalue weighted by Crippen LogP contribution is -2.36. The zero-order valence-corrected chi connectivity index (χ0v) is 14.4. The van der Waals surface area contributed by atoms with Crippen LogP contribution in [0.5, 0.6) is 0 Å². The van der Waals surface area contributed by atoms with Gasteiger partial charge < -0.3 is 5.32 Å². The largest absolute Gasteiger partial charge is 0.355 e. The second kappa shape index (κ2) is 8.11. The molecule has 0 aliphatic carbocycles. The van der Waals surface area contributed by atoms with Crippen LogP contribution >= 0.6 is 0 Å². The average molecular weight is 322 g/mol. The van der Waals surface area contributed by atoms with Crippen molar-refractivity contribution in [3.8, 4) is 0 Å². The summed E-state index contributed by atoms with van der Waals surface area (Å²) in [6.07, 6.45) is 2.03. The van der Waals surface area contributed by atoms with Crippen molar-refractivity contribution in [2.24, 2.45) is 0 Å². The Labute approximate surface area is 144 Å². The van der Waals surface area contributed by atoms with Gasteiger partial charge >= 0.3 is 0 Å². The highest BCUT2D eigenvalue weighted by molar-refractivity contribution is 5.78. The number of carbonyl (C=O) groups is 1. The Balaban J connectivity index is 1.41. The number of hydrogen-bond acceptors (Lipinski definition) is 2. The van der Waals surface area contributed by atoms with E-state index in [2.05, 4.69) is 65.7 Å². The van der Waals surface area contributed by atoms with Crippen molar-refractivity contribution in [2.75, 3.05) is 26.2 Å². The normalized spacial score (nSPS) is 17.8. The molecule has 0 aromatic heterocycles. The summed E-state index contributed by atoms with van der Waals surface area (Å²) in [6.45, 7) is 5.32. The molecule has 0 spiro atoms. The van der Waals surface area contributed by atoms with Gasteiger partial charge in [-0.05, 0) is 48.9 Å². The van der Waals surface area contributed by atoms with Crippen LogP contribution in [0.1, 0.15) is 29.0 Å². The van der Waals surface area contributed by atoms with Crippen LogP contribution in [0.2, 0.25) is 0 Å². The molecule has 1 atom stereocenters. The van der Waals surface area contributed by atoms with Crippen LogP contribution in [-0.4, -0.2) is 37.0 Å². The van der Waals surface area contributed by atoms with Crippen molar-refractivity contribution >= 4 is 5.91 Å². The smallest absolute Gasteiger partial charge is 0.234 e. The number of amides is 1. The van der Waals surface area contributed by atoms with Crippen LogP contribution in [-0.2, 0) is 11.2 Å². The van der Waals surface area contributed by atoms with Gasteiger partial charge in [0.15, 0.2) is 0 Å². The molecule has 1 aliphatic rings. The summed E-state index contributed by atoms with van der Waals surface area (Å²) in [5, 5.41) is 3.06. The molecule has 3 heteroatoms. The maximum absolute atomic E-state index is 12.2. The topological polar surface area (TPSA) is 32.3 Å². The number of benzene rings is 2. The molecule has 3 nitrogen and oxygen atoms in total. The Bertz CT molecular complexity index is 669. The Morgan fingerprint density at radius 2 is 1.88 bits per heavy atom. The van der Waals surface area contributed by atoms with E-state index in [0.29, 0.717) is 19.0 Å². The zero-order chi connectivity index (χ0) is 16.8. The second-order valence-corrected chi connectivity index (χ2v) is 6.66. The Morgan fingerprint density at radius 3 is 2.67 bits per heavy atom. The van der Waals surface area contributed by atoms with Gasteiger partial charge in [-0.25, -0.2) is 0 Å². The summed E-state index contributed by atoms with van der Waals surface area (Å²) >= 11 is 0. The van der Waals surface area contributed by atoms with Gasteiger partial charge in [-0.15, -0.1) is 0 Å². The first-order chi connectivity index (χ1) is 11.7. The maximum Gasteiger partial charge on any atom is 0.234 e. The molecule has 2 aromatic carbocycles. The highest BCUT2D eigenvalue weighted by Crippen LogP contribution is 2.26. The van der Waals surface area contributed by atoms with Gasteiger partial charge in [0.05, 0.1) is 6.54 Å². The molecule has 0 bridgehead atoms. The first-order valence-corrected chi connectivity index (χ1v) is 8.81. The number of likely N-dealkylation sites (tertiary alicyclic amines) is 1. The van der Waals surface area contributed by atoms with E-state index in [9.17, 15) is 4.79 Å². The van der Waals surface area contributed by atoms with Crippen LogP contribution in [0, 0.1) is 6.92 Å². The van der Waals surface area contributed by atoms with Gasteiger partial charge in [-0.2, -0.15) is 0 Å². The van der Waals surface area contributed by atoms with Crippen molar-refractivity contribution in [3.63, 3.8) is 0 Å². The Hall–Kier alpha value is -2.13. The zero-order valence-electron chi connectivity index (χ0n) is 14.4. The maximum atomic E-state index is 12.2. The molecule has 0 radical (unpaired) electrons. The van der Waals surface area contributed by atoms with Crippen LogP contribution in [0.3, 0.4) is 0 Å². The molecule has 126 valence electrons. The average Bonchev–Trinajstić information content (AvgIpc) is 3.06. The number of nitrogens with one attached hydrogen (secondary N) is 1. The minimum atomic E-state index is 0.136. The summed E-state index contributed by atoms with van der Waals surface area (Å²) in [5.74, 6) is 0.697. The summed E-state index contributed by atoms with van der Waals surface area (Å²) in [4.78, 5) is 14.4. The van der Waals surface area contributed by atoms with E-state index in [1.165, 1.54) is 16.7 Å². The lowest BCUT2D eigenvalue weighted by molar-refractivity contribution is -0.121. The quantitative estimate of drug-likeness (QED) is 0.886. The van der Waals surface area contributed by atoms with E-state index >= 15 is 0 Å². The molecule has 3 rings (SSSR count). The van der Waals surface area contributed by atoms with Crippen molar-refractivity contribution < 1.29 is 4.79 Å². The van der Waals surface area contributed by atoms with E-state index in [0.717, 1.165) is 25.9 Å². The third-order valence-corrected chi connectivity index (χ3v) is 4.89. The van der Waals surface area contributed by atoms with Gasteiger partial charge in [0.25, 0.3) is 0 Å². The highest BCUT2D eigenvalue weighted by Gasteiger charge is 2.24. The van der Waals surface area contributed by atoms with Gasteiger partial charge in [-0.1, -0.05) is 54.6 Å². The number of nitrogens with zero attached hydrogens (tertiary/aromatic N) is 1. The highest BCUT2D eigenvalue weighted by atomic mass is 16.2. The first-order valence-electron chi connectivity index (χ1n) is 8.81. The Kier molecular flexibility index (Phi) is 5.65. The lowest BCUT2D eigenvalue weighted by Gasteiger charge is -2.16. The molecule has 0 saturated carbocycles. The van der Waals surface area contributed by atoms with E-state index in [-0.39, 0.29) is 5.91 Å². The van der Waals surface area contributed by atoms with Crippen LogP contribution in [0.4, 0.5) is 0 Å². The van der Waals surface area contributed by atoms with Crippen molar-refractivity contribution in [1.29, 1.82) is 0 Å². The number of rotatable bonds is 6. The summed E-state index contributed by atoms with van der Waals surface area (Å²) in [6, 6.07) is 19.0. The monoisotopic (exact) mass is 322 g/mol. The Morgan fingerprint density at radius 1 is 1.12 bits per heavy atom. The molecular formula is C21H26N2O. The standard InChI is InChI=1S/C21H26N2O/c1-17-7-5-6-8-18(17)11-13-22-21(24)16-23-14-12-20(15-23)19-9-3-2-4-10-19/h2-10,20H,11-16H2,1H3,(H,22,24)/t20-/m0/s1. The summed E-state index contributed by atoms with van der Waals surface area (Å²) in [5.41, 5.74) is 3.99. The fraction of sp³-hybridized carbons (Fsp3) is 0.381. The van der Waals surface area contributed by atoms with Crippen molar-refractivity contribution in [1.82, 2.24) is 10.2 Å². The van der Waals surface area contributed by atoms with E-state index in [4.69, 9.17) is 0 Å².